The van der Waals surface area contributed by atoms with Crippen molar-refractivity contribution in [2.75, 3.05) is 26.2 Å². The maximum Gasteiger partial charge on any atom is 0.0359 e. The lowest BCUT2D eigenvalue weighted by molar-refractivity contribution is 0.0212. The highest BCUT2D eigenvalue weighted by Crippen LogP contribution is 2.38. The minimum atomic E-state index is 0.475. The molecule has 0 saturated carbocycles. The third kappa shape index (κ3) is 2.26. The van der Waals surface area contributed by atoms with Gasteiger partial charge in [0.1, 0.15) is 0 Å². The molecule has 17 heavy (non-hydrogen) atoms. The van der Waals surface area contributed by atoms with Crippen LogP contribution in [0.1, 0.15) is 59.3 Å². The van der Waals surface area contributed by atoms with Crippen LogP contribution >= 0.6 is 0 Å². The monoisotopic (exact) mass is 238 g/mol. The quantitative estimate of drug-likeness (QED) is 0.726. The molecule has 0 radical (unpaired) electrons. The summed E-state index contributed by atoms with van der Waals surface area (Å²) in [6.07, 6.45) is 8.32. The second-order valence-electron chi connectivity index (χ2n) is 5.79. The van der Waals surface area contributed by atoms with E-state index in [0.29, 0.717) is 5.54 Å². The van der Waals surface area contributed by atoms with Gasteiger partial charge in [-0.05, 0) is 64.7 Å². The van der Waals surface area contributed by atoms with Crippen LogP contribution in [0.25, 0.3) is 0 Å². The minimum Gasteiger partial charge on any atom is -0.299 e. The van der Waals surface area contributed by atoms with Crippen molar-refractivity contribution >= 4 is 0 Å². The van der Waals surface area contributed by atoms with Crippen LogP contribution in [0.3, 0.4) is 0 Å². The molecule has 0 aliphatic carbocycles. The largest absolute Gasteiger partial charge is 0.299 e. The van der Waals surface area contributed by atoms with Gasteiger partial charge in [-0.2, -0.15) is 0 Å². The van der Waals surface area contributed by atoms with Crippen molar-refractivity contribution in [2.24, 2.45) is 0 Å². The summed E-state index contributed by atoms with van der Waals surface area (Å²) < 4.78 is 0. The van der Waals surface area contributed by atoms with E-state index in [1.54, 1.807) is 0 Å². The average molecular weight is 238 g/mol. The van der Waals surface area contributed by atoms with E-state index in [1.165, 1.54) is 64.7 Å². The number of likely N-dealkylation sites (N-methyl/N-ethyl adjacent to an activating group) is 1. The van der Waals surface area contributed by atoms with E-state index < -0.39 is 0 Å². The van der Waals surface area contributed by atoms with E-state index in [1.807, 2.05) is 0 Å². The summed E-state index contributed by atoms with van der Waals surface area (Å²) in [6.45, 7) is 12.4. The van der Waals surface area contributed by atoms with Crippen LogP contribution in [0.2, 0.25) is 0 Å². The lowest BCUT2D eigenvalue weighted by atomic mass is 9.81. The highest BCUT2D eigenvalue weighted by Gasteiger charge is 2.45. The summed E-state index contributed by atoms with van der Waals surface area (Å²) in [5.41, 5.74) is 0.475. The zero-order valence-electron chi connectivity index (χ0n) is 12.0. The van der Waals surface area contributed by atoms with Gasteiger partial charge in [-0.25, -0.2) is 0 Å². The third-order valence-electron chi connectivity index (χ3n) is 5.35. The fraction of sp³-hybridized carbons (Fsp3) is 1.00. The predicted octanol–water partition coefficient (Wildman–Crippen LogP) is 3.13. The minimum absolute atomic E-state index is 0.475. The van der Waals surface area contributed by atoms with Crippen molar-refractivity contribution in [1.29, 1.82) is 0 Å². The van der Waals surface area contributed by atoms with E-state index in [2.05, 4.69) is 30.6 Å². The van der Waals surface area contributed by atoms with Gasteiger partial charge in [0.05, 0.1) is 0 Å². The van der Waals surface area contributed by atoms with Crippen molar-refractivity contribution in [3.63, 3.8) is 0 Å². The molecular formula is C15H30N2. The number of hydrogen-bond acceptors (Lipinski definition) is 2. The number of nitrogens with zero attached hydrogens (tertiary/aromatic N) is 2. The Morgan fingerprint density at radius 3 is 2.12 bits per heavy atom. The molecule has 2 aliphatic heterocycles. The summed E-state index contributed by atoms with van der Waals surface area (Å²) in [4.78, 5) is 5.57. The Morgan fingerprint density at radius 2 is 1.59 bits per heavy atom. The van der Waals surface area contributed by atoms with Gasteiger partial charge < -0.3 is 0 Å². The van der Waals surface area contributed by atoms with Gasteiger partial charge in [0.2, 0.25) is 0 Å². The van der Waals surface area contributed by atoms with Gasteiger partial charge >= 0.3 is 0 Å². The maximum absolute atomic E-state index is 2.83. The van der Waals surface area contributed by atoms with Crippen molar-refractivity contribution < 1.29 is 0 Å². The molecule has 2 aliphatic rings. The van der Waals surface area contributed by atoms with Crippen LogP contribution in [-0.2, 0) is 0 Å². The molecule has 2 rings (SSSR count). The Balaban J connectivity index is 2.19. The van der Waals surface area contributed by atoms with Crippen molar-refractivity contribution in [1.82, 2.24) is 9.80 Å². The molecule has 1 unspecified atom stereocenters. The van der Waals surface area contributed by atoms with Gasteiger partial charge in [0, 0.05) is 11.6 Å². The average Bonchev–Trinajstić information content (AvgIpc) is 3.02. The van der Waals surface area contributed by atoms with Gasteiger partial charge in [-0.1, -0.05) is 20.8 Å². The zero-order valence-corrected chi connectivity index (χ0v) is 12.0. The van der Waals surface area contributed by atoms with E-state index >= 15 is 0 Å². The fourth-order valence-corrected chi connectivity index (χ4v) is 4.35. The molecule has 0 amide bonds. The number of hydrogen-bond donors (Lipinski definition) is 0. The normalized spacial score (nSPS) is 28.1. The first kappa shape index (κ1) is 13.4. The lowest BCUT2D eigenvalue weighted by Gasteiger charge is -2.48. The molecule has 100 valence electrons. The van der Waals surface area contributed by atoms with E-state index in [4.69, 9.17) is 0 Å². The van der Waals surface area contributed by atoms with Crippen LogP contribution in [0.5, 0.6) is 0 Å². The molecule has 0 aromatic rings. The number of rotatable bonds is 5. The molecule has 0 aromatic carbocycles. The van der Waals surface area contributed by atoms with Crippen molar-refractivity contribution in [2.45, 2.75) is 70.9 Å². The SMILES string of the molecule is CCN1CCCC1C(CC)(CC)N1CCCC1. The van der Waals surface area contributed by atoms with Crippen LogP contribution in [-0.4, -0.2) is 47.6 Å². The van der Waals surface area contributed by atoms with Gasteiger partial charge in [-0.3, -0.25) is 9.80 Å². The van der Waals surface area contributed by atoms with Crippen LogP contribution in [0.15, 0.2) is 0 Å². The van der Waals surface area contributed by atoms with E-state index in [0.717, 1.165) is 6.04 Å². The maximum atomic E-state index is 2.83. The lowest BCUT2D eigenvalue weighted by Crippen LogP contribution is -2.59. The molecule has 0 bridgehead atoms. The Labute approximate surface area is 107 Å². The molecule has 0 spiro atoms. The summed E-state index contributed by atoms with van der Waals surface area (Å²) in [6, 6.07) is 0.820. The van der Waals surface area contributed by atoms with Gasteiger partial charge in [-0.15, -0.1) is 0 Å². The molecular weight excluding hydrogens is 208 g/mol. The van der Waals surface area contributed by atoms with Crippen molar-refractivity contribution in [3.8, 4) is 0 Å². The highest BCUT2D eigenvalue weighted by atomic mass is 15.3. The molecule has 1 atom stereocenters. The summed E-state index contributed by atoms with van der Waals surface area (Å²) in [5, 5.41) is 0. The Bertz CT molecular complexity index is 229. The van der Waals surface area contributed by atoms with Crippen LogP contribution in [0, 0.1) is 0 Å². The zero-order chi connectivity index (χ0) is 12.3. The molecule has 2 heterocycles. The first-order valence-electron chi connectivity index (χ1n) is 7.77. The van der Waals surface area contributed by atoms with Crippen LogP contribution in [0.4, 0.5) is 0 Å². The Hall–Kier alpha value is -0.0800. The van der Waals surface area contributed by atoms with E-state index in [-0.39, 0.29) is 0 Å². The fourth-order valence-electron chi connectivity index (χ4n) is 4.35. The summed E-state index contributed by atoms with van der Waals surface area (Å²) in [7, 11) is 0. The number of likely N-dealkylation sites (tertiary alicyclic amines) is 2. The van der Waals surface area contributed by atoms with Crippen molar-refractivity contribution in [3.05, 3.63) is 0 Å². The van der Waals surface area contributed by atoms with Crippen LogP contribution < -0.4 is 0 Å². The summed E-state index contributed by atoms with van der Waals surface area (Å²) in [5.74, 6) is 0. The molecule has 2 heteroatoms. The molecule has 2 nitrogen and oxygen atoms in total. The molecule has 2 fully saturated rings. The highest BCUT2D eigenvalue weighted by molar-refractivity contribution is 5.03. The standard InChI is InChI=1S/C15H30N2/c1-4-15(5-2,17-12-7-8-13-17)14-10-9-11-16(14)6-3/h14H,4-13H2,1-3H3. The second kappa shape index (κ2) is 5.71. The third-order valence-corrected chi connectivity index (χ3v) is 5.35. The second-order valence-corrected chi connectivity index (χ2v) is 5.79. The van der Waals surface area contributed by atoms with Gasteiger partial charge in [0.25, 0.3) is 0 Å². The molecule has 2 saturated heterocycles. The van der Waals surface area contributed by atoms with Gasteiger partial charge in [0.15, 0.2) is 0 Å². The Morgan fingerprint density at radius 1 is 0.941 bits per heavy atom. The predicted molar refractivity (Wildman–Crippen MR) is 74.4 cm³/mol. The first-order chi connectivity index (χ1) is 8.28. The Kier molecular flexibility index (Phi) is 4.48. The topological polar surface area (TPSA) is 6.48 Å². The molecule has 0 N–H and O–H groups in total. The summed E-state index contributed by atoms with van der Waals surface area (Å²) >= 11 is 0. The smallest absolute Gasteiger partial charge is 0.0359 e. The van der Waals surface area contributed by atoms with E-state index in [9.17, 15) is 0 Å². The molecule has 0 aromatic heterocycles. The first-order valence-corrected chi connectivity index (χ1v) is 7.77.